The van der Waals surface area contributed by atoms with Gasteiger partial charge in [0, 0.05) is 18.1 Å². The molecule has 0 aliphatic carbocycles. The van der Waals surface area contributed by atoms with Crippen LogP contribution in [0.25, 0.3) is 0 Å². The Bertz CT molecular complexity index is 235. The van der Waals surface area contributed by atoms with Crippen molar-refractivity contribution < 1.29 is 4.39 Å². The van der Waals surface area contributed by atoms with Crippen molar-refractivity contribution >= 4 is 17.3 Å². The Kier molecular flexibility index (Phi) is 4.61. The highest BCUT2D eigenvalue weighted by Crippen LogP contribution is 2.09. The zero-order valence-corrected chi connectivity index (χ0v) is 8.15. The van der Waals surface area contributed by atoms with Crippen LogP contribution in [0.1, 0.15) is 5.56 Å². The van der Waals surface area contributed by atoms with E-state index in [1.807, 2.05) is 24.3 Å². The molecule has 1 nitrogen and oxygen atoms in total. The van der Waals surface area contributed by atoms with Crippen LogP contribution in [0.5, 0.6) is 0 Å². The van der Waals surface area contributed by atoms with Crippen LogP contribution in [0, 0.1) is 0 Å². The molecule has 0 radical (unpaired) electrons. The summed E-state index contributed by atoms with van der Waals surface area (Å²) < 4.78 is 11.8. The van der Waals surface area contributed by atoms with E-state index in [0.29, 0.717) is 12.4 Å². The Morgan fingerprint density at radius 3 is 2.46 bits per heavy atom. The summed E-state index contributed by atoms with van der Waals surface area (Å²) in [7, 11) is 0. The summed E-state index contributed by atoms with van der Waals surface area (Å²) in [4.78, 5) is 0. The van der Waals surface area contributed by atoms with Gasteiger partial charge in [0.15, 0.2) is 0 Å². The summed E-state index contributed by atoms with van der Waals surface area (Å²) in [5.74, 6) is 0.636. The molecule has 13 heavy (non-hydrogen) atoms. The van der Waals surface area contributed by atoms with E-state index in [1.54, 1.807) is 0 Å². The lowest BCUT2D eigenvalue weighted by Gasteiger charge is -2.04. The number of alkyl halides is 2. The third kappa shape index (κ3) is 3.64. The van der Waals surface area contributed by atoms with Gasteiger partial charge in [0.2, 0.25) is 0 Å². The molecule has 0 atom stereocenters. The maximum atomic E-state index is 11.8. The lowest BCUT2D eigenvalue weighted by molar-refractivity contribution is 0.513. The fourth-order valence-corrected chi connectivity index (χ4v) is 1.31. The van der Waals surface area contributed by atoms with Crippen molar-refractivity contribution in [1.29, 1.82) is 0 Å². The highest BCUT2D eigenvalue weighted by Gasteiger charge is 1.93. The van der Waals surface area contributed by atoms with Gasteiger partial charge in [-0.1, -0.05) is 12.1 Å². The molecule has 0 saturated carbocycles. The van der Waals surface area contributed by atoms with Gasteiger partial charge < -0.3 is 5.32 Å². The van der Waals surface area contributed by atoms with Crippen LogP contribution >= 0.6 is 11.6 Å². The van der Waals surface area contributed by atoms with E-state index in [2.05, 4.69) is 5.32 Å². The maximum absolute atomic E-state index is 11.8. The highest BCUT2D eigenvalue weighted by molar-refractivity contribution is 6.17. The average molecular weight is 202 g/mol. The van der Waals surface area contributed by atoms with E-state index in [1.165, 1.54) is 5.56 Å². The largest absolute Gasteiger partial charge is 0.382 e. The molecule has 0 fully saturated rings. The first-order valence-electron chi connectivity index (χ1n) is 4.31. The monoisotopic (exact) mass is 201 g/mol. The normalized spacial score (nSPS) is 10.0. The molecule has 72 valence electrons. The molecular weight excluding hydrogens is 189 g/mol. The first-order valence-corrected chi connectivity index (χ1v) is 4.85. The molecule has 0 saturated heterocycles. The number of anilines is 1. The highest BCUT2D eigenvalue weighted by atomic mass is 35.5. The third-order valence-corrected chi connectivity index (χ3v) is 1.95. The second kappa shape index (κ2) is 5.81. The van der Waals surface area contributed by atoms with Crippen molar-refractivity contribution in [3.05, 3.63) is 29.8 Å². The van der Waals surface area contributed by atoms with Crippen LogP contribution in [0.2, 0.25) is 0 Å². The molecule has 1 N–H and O–H groups in total. The number of rotatable bonds is 5. The molecule has 0 unspecified atom stereocenters. The lowest BCUT2D eigenvalue weighted by atomic mass is 10.1. The smallest absolute Gasteiger partial charge is 0.107 e. The molecule has 0 heterocycles. The number of benzene rings is 1. The van der Waals surface area contributed by atoms with Gasteiger partial charge in [0.1, 0.15) is 6.67 Å². The van der Waals surface area contributed by atoms with Crippen LogP contribution < -0.4 is 5.32 Å². The molecule has 0 aromatic heterocycles. The molecule has 1 rings (SSSR count). The molecule has 0 amide bonds. The van der Waals surface area contributed by atoms with Crippen LogP contribution in [-0.2, 0) is 6.42 Å². The zero-order valence-electron chi connectivity index (χ0n) is 7.39. The zero-order chi connectivity index (χ0) is 9.52. The summed E-state index contributed by atoms with van der Waals surface area (Å²) in [6.07, 6.45) is 0.880. The first kappa shape index (κ1) is 10.3. The van der Waals surface area contributed by atoms with Gasteiger partial charge in [-0.2, -0.15) is 0 Å². The molecule has 1 aromatic rings. The van der Waals surface area contributed by atoms with Crippen LogP contribution in [0.15, 0.2) is 24.3 Å². The molecule has 0 aliphatic rings. The molecule has 0 aliphatic heterocycles. The minimum atomic E-state index is -0.344. The first-order chi connectivity index (χ1) is 6.36. The molecule has 0 spiro atoms. The minimum absolute atomic E-state index is 0.344. The molecule has 0 bridgehead atoms. The summed E-state index contributed by atoms with van der Waals surface area (Å²) in [6, 6.07) is 7.89. The van der Waals surface area contributed by atoms with Gasteiger partial charge in [-0.15, -0.1) is 11.6 Å². The van der Waals surface area contributed by atoms with Crippen LogP contribution in [0.4, 0.5) is 10.1 Å². The molecule has 3 heteroatoms. The SMILES string of the molecule is FCCNc1ccc(CCCl)cc1. The lowest BCUT2D eigenvalue weighted by Crippen LogP contribution is -2.02. The van der Waals surface area contributed by atoms with Crippen LogP contribution in [-0.4, -0.2) is 19.1 Å². The van der Waals surface area contributed by atoms with Crippen molar-refractivity contribution in [2.75, 3.05) is 24.4 Å². The Balaban J connectivity index is 2.48. The topological polar surface area (TPSA) is 12.0 Å². The fourth-order valence-electron chi connectivity index (χ4n) is 1.09. The van der Waals surface area contributed by atoms with E-state index in [4.69, 9.17) is 11.6 Å². The summed E-state index contributed by atoms with van der Waals surface area (Å²) in [5.41, 5.74) is 2.16. The van der Waals surface area contributed by atoms with Gasteiger partial charge in [-0.05, 0) is 24.1 Å². The van der Waals surface area contributed by atoms with Crippen molar-refractivity contribution in [3.63, 3.8) is 0 Å². The minimum Gasteiger partial charge on any atom is -0.382 e. The third-order valence-electron chi connectivity index (χ3n) is 1.76. The van der Waals surface area contributed by atoms with Crippen molar-refractivity contribution in [2.24, 2.45) is 0 Å². The predicted molar refractivity (Wildman–Crippen MR) is 55.3 cm³/mol. The van der Waals surface area contributed by atoms with Gasteiger partial charge in [0.25, 0.3) is 0 Å². The Morgan fingerprint density at radius 1 is 1.23 bits per heavy atom. The van der Waals surface area contributed by atoms with Gasteiger partial charge >= 0.3 is 0 Å². The second-order valence-corrected chi connectivity index (χ2v) is 3.13. The van der Waals surface area contributed by atoms with E-state index >= 15 is 0 Å². The number of hydrogen-bond acceptors (Lipinski definition) is 1. The van der Waals surface area contributed by atoms with Crippen LogP contribution in [0.3, 0.4) is 0 Å². The molecule has 1 aromatic carbocycles. The second-order valence-electron chi connectivity index (χ2n) is 2.75. The predicted octanol–water partition coefficient (Wildman–Crippen LogP) is 2.85. The van der Waals surface area contributed by atoms with Crippen molar-refractivity contribution in [3.8, 4) is 0 Å². The van der Waals surface area contributed by atoms with E-state index < -0.39 is 0 Å². The number of nitrogens with one attached hydrogen (secondary N) is 1. The quantitative estimate of drug-likeness (QED) is 0.723. The van der Waals surface area contributed by atoms with Gasteiger partial charge in [-0.3, -0.25) is 0 Å². The maximum Gasteiger partial charge on any atom is 0.107 e. The van der Waals surface area contributed by atoms with E-state index in [9.17, 15) is 4.39 Å². The molecular formula is C10H13ClFN. The number of aryl methyl sites for hydroxylation is 1. The van der Waals surface area contributed by atoms with Gasteiger partial charge in [-0.25, -0.2) is 4.39 Å². The summed E-state index contributed by atoms with van der Waals surface area (Å²) >= 11 is 5.59. The Morgan fingerprint density at radius 2 is 1.92 bits per heavy atom. The van der Waals surface area contributed by atoms with E-state index in [0.717, 1.165) is 12.1 Å². The van der Waals surface area contributed by atoms with Crippen molar-refractivity contribution in [2.45, 2.75) is 6.42 Å². The summed E-state index contributed by atoms with van der Waals surface area (Å²) in [6.45, 7) is 0.0261. The Hall–Kier alpha value is -0.760. The van der Waals surface area contributed by atoms with Gasteiger partial charge in [0.05, 0.1) is 0 Å². The van der Waals surface area contributed by atoms with Crippen molar-refractivity contribution in [1.82, 2.24) is 0 Å². The van der Waals surface area contributed by atoms with E-state index in [-0.39, 0.29) is 6.67 Å². The average Bonchev–Trinajstić information content (AvgIpc) is 2.17. The number of halogens is 2. The Labute approximate surface area is 82.9 Å². The summed E-state index contributed by atoms with van der Waals surface area (Å²) in [5, 5.41) is 2.96. The fraction of sp³-hybridized carbons (Fsp3) is 0.400. The number of hydrogen-bond donors (Lipinski definition) is 1. The standard InChI is InChI=1S/C10H13ClFN/c11-6-5-9-1-3-10(4-2-9)13-8-7-12/h1-4,13H,5-8H2.